The van der Waals surface area contributed by atoms with E-state index in [1.807, 2.05) is 6.07 Å². The summed E-state index contributed by atoms with van der Waals surface area (Å²) in [7, 11) is 0. The first-order chi connectivity index (χ1) is 15.3. The molecular formula is C24H22F3N3O2. The number of nitrogens with one attached hydrogen (secondary N) is 1. The Bertz CT molecular complexity index is 1220. The minimum atomic E-state index is -0.953. The highest BCUT2D eigenvalue weighted by atomic mass is 19.2. The highest BCUT2D eigenvalue weighted by Gasteiger charge is 2.50. The van der Waals surface area contributed by atoms with E-state index in [9.17, 15) is 22.8 Å². The van der Waals surface area contributed by atoms with Crippen molar-refractivity contribution in [3.8, 4) is 0 Å². The third kappa shape index (κ3) is 3.53. The smallest absolute Gasteiger partial charge is 0.242 e. The maximum Gasteiger partial charge on any atom is 0.242 e. The summed E-state index contributed by atoms with van der Waals surface area (Å²) in [6.07, 6.45) is 3.45. The first-order valence-corrected chi connectivity index (χ1v) is 10.6. The predicted molar refractivity (Wildman–Crippen MR) is 112 cm³/mol. The Labute approximate surface area is 182 Å². The average Bonchev–Trinajstić information content (AvgIpc) is 3.31. The third-order valence-corrected chi connectivity index (χ3v) is 6.70. The summed E-state index contributed by atoms with van der Waals surface area (Å²) in [6.45, 7) is 0.577. The van der Waals surface area contributed by atoms with Crippen molar-refractivity contribution in [3.05, 3.63) is 71.7 Å². The number of benzene rings is 2. The molecule has 3 heterocycles. The van der Waals surface area contributed by atoms with Crippen LogP contribution in [0.25, 0.3) is 10.9 Å². The van der Waals surface area contributed by atoms with Crippen molar-refractivity contribution in [2.45, 2.75) is 37.3 Å². The zero-order valence-electron chi connectivity index (χ0n) is 17.3. The molecule has 32 heavy (non-hydrogen) atoms. The van der Waals surface area contributed by atoms with E-state index >= 15 is 0 Å². The SMILES string of the molecule is O=C1CCC[C@]2(CN(C(=O)Cn3ccc4ccc(F)cc43)C[C@H]2c2ccc(F)c(F)c2)N1. The van der Waals surface area contributed by atoms with Crippen LogP contribution in [0, 0.1) is 17.5 Å². The van der Waals surface area contributed by atoms with Crippen molar-refractivity contribution in [2.75, 3.05) is 13.1 Å². The molecule has 3 aromatic rings. The van der Waals surface area contributed by atoms with Gasteiger partial charge in [-0.2, -0.15) is 0 Å². The molecular weight excluding hydrogens is 419 g/mol. The number of amides is 2. The van der Waals surface area contributed by atoms with Crippen molar-refractivity contribution in [1.29, 1.82) is 0 Å². The van der Waals surface area contributed by atoms with Gasteiger partial charge in [0.05, 0.1) is 11.1 Å². The van der Waals surface area contributed by atoms with E-state index in [1.54, 1.807) is 21.7 Å². The molecule has 1 spiro atoms. The summed E-state index contributed by atoms with van der Waals surface area (Å²) in [5, 5.41) is 3.88. The fourth-order valence-corrected chi connectivity index (χ4v) is 5.14. The van der Waals surface area contributed by atoms with E-state index in [2.05, 4.69) is 5.32 Å². The van der Waals surface area contributed by atoms with Gasteiger partial charge in [-0.15, -0.1) is 0 Å². The monoisotopic (exact) mass is 441 g/mol. The number of carbonyl (C=O) groups excluding carboxylic acids is 2. The molecule has 0 aliphatic carbocycles. The molecule has 0 saturated carbocycles. The summed E-state index contributed by atoms with van der Waals surface area (Å²) in [4.78, 5) is 27.1. The summed E-state index contributed by atoms with van der Waals surface area (Å²) in [5.41, 5.74) is 0.449. The van der Waals surface area contributed by atoms with Gasteiger partial charge in [0.15, 0.2) is 11.6 Å². The van der Waals surface area contributed by atoms with Crippen LogP contribution in [0.15, 0.2) is 48.7 Å². The number of carbonyl (C=O) groups is 2. The van der Waals surface area contributed by atoms with E-state index < -0.39 is 17.2 Å². The van der Waals surface area contributed by atoms with Crippen LogP contribution in [0.2, 0.25) is 0 Å². The Hall–Kier alpha value is -3.29. The zero-order chi connectivity index (χ0) is 22.5. The molecule has 2 aliphatic rings. The van der Waals surface area contributed by atoms with Gasteiger partial charge in [0.1, 0.15) is 12.4 Å². The number of piperidine rings is 1. The van der Waals surface area contributed by atoms with Crippen LogP contribution in [0.1, 0.15) is 30.7 Å². The molecule has 2 fully saturated rings. The lowest BCUT2D eigenvalue weighted by molar-refractivity contribution is -0.132. The molecule has 5 nitrogen and oxygen atoms in total. The van der Waals surface area contributed by atoms with Gasteiger partial charge in [-0.25, -0.2) is 13.2 Å². The molecule has 2 amide bonds. The Kier molecular flexibility index (Phi) is 4.95. The Morgan fingerprint density at radius 1 is 1.09 bits per heavy atom. The maximum atomic E-state index is 14.0. The van der Waals surface area contributed by atoms with Gasteiger partial charge in [0.25, 0.3) is 0 Å². The molecule has 1 aromatic heterocycles. The number of rotatable bonds is 3. The molecule has 166 valence electrons. The van der Waals surface area contributed by atoms with E-state index in [0.717, 1.165) is 17.5 Å². The Balaban J connectivity index is 1.44. The van der Waals surface area contributed by atoms with Crippen LogP contribution in [0.5, 0.6) is 0 Å². The van der Waals surface area contributed by atoms with E-state index in [-0.39, 0.29) is 43.2 Å². The number of hydrogen-bond acceptors (Lipinski definition) is 2. The zero-order valence-corrected chi connectivity index (χ0v) is 17.3. The lowest BCUT2D eigenvalue weighted by Crippen LogP contribution is -2.56. The molecule has 0 unspecified atom stereocenters. The number of aromatic nitrogens is 1. The number of likely N-dealkylation sites (tertiary alicyclic amines) is 1. The number of nitrogens with zero attached hydrogens (tertiary/aromatic N) is 2. The van der Waals surface area contributed by atoms with E-state index in [0.29, 0.717) is 30.3 Å². The Morgan fingerprint density at radius 2 is 1.94 bits per heavy atom. The van der Waals surface area contributed by atoms with Gasteiger partial charge in [-0.1, -0.05) is 6.07 Å². The van der Waals surface area contributed by atoms with Gasteiger partial charge in [0, 0.05) is 31.6 Å². The maximum absolute atomic E-state index is 14.0. The van der Waals surface area contributed by atoms with Crippen molar-refractivity contribution in [2.24, 2.45) is 0 Å². The predicted octanol–water partition coefficient (Wildman–Crippen LogP) is 3.72. The second-order valence-corrected chi connectivity index (χ2v) is 8.71. The van der Waals surface area contributed by atoms with E-state index in [1.165, 1.54) is 18.2 Å². The van der Waals surface area contributed by atoms with E-state index in [4.69, 9.17) is 0 Å². The van der Waals surface area contributed by atoms with Crippen molar-refractivity contribution in [3.63, 3.8) is 0 Å². The van der Waals surface area contributed by atoms with Crippen LogP contribution in [-0.4, -0.2) is 39.9 Å². The summed E-state index contributed by atoms with van der Waals surface area (Å²) < 4.78 is 42.9. The van der Waals surface area contributed by atoms with Crippen LogP contribution in [0.3, 0.4) is 0 Å². The first kappa shape index (κ1) is 20.6. The standard InChI is InChI=1S/C24H22F3N3O2/c25-17-5-3-15-7-9-29(21(15)11-17)13-23(32)30-12-18(16-4-6-19(26)20(27)10-16)24(14-30)8-1-2-22(31)28-24/h3-7,9-11,18H,1-2,8,12-14H2,(H,28,31)/t18-,24+/m0/s1. The largest absolute Gasteiger partial charge is 0.348 e. The normalized spacial score (nSPS) is 23.2. The fraction of sp³-hybridized carbons (Fsp3) is 0.333. The van der Waals surface area contributed by atoms with Gasteiger partial charge < -0.3 is 14.8 Å². The van der Waals surface area contributed by atoms with Crippen molar-refractivity contribution >= 4 is 22.7 Å². The molecule has 2 aromatic carbocycles. The van der Waals surface area contributed by atoms with Crippen molar-refractivity contribution < 1.29 is 22.8 Å². The van der Waals surface area contributed by atoms with Crippen LogP contribution in [-0.2, 0) is 16.1 Å². The molecule has 2 saturated heterocycles. The number of hydrogen-bond donors (Lipinski definition) is 1. The average molecular weight is 441 g/mol. The molecule has 1 N–H and O–H groups in total. The minimum absolute atomic E-state index is 0.0154. The Morgan fingerprint density at radius 3 is 2.72 bits per heavy atom. The minimum Gasteiger partial charge on any atom is -0.348 e. The lowest BCUT2D eigenvalue weighted by Gasteiger charge is -2.39. The summed E-state index contributed by atoms with van der Waals surface area (Å²) in [6, 6.07) is 9.98. The lowest BCUT2D eigenvalue weighted by atomic mass is 9.76. The summed E-state index contributed by atoms with van der Waals surface area (Å²) >= 11 is 0. The summed E-state index contributed by atoms with van der Waals surface area (Å²) in [5.74, 6) is -2.92. The molecule has 2 atom stereocenters. The van der Waals surface area contributed by atoms with Gasteiger partial charge in [-0.05, 0) is 60.2 Å². The topological polar surface area (TPSA) is 54.3 Å². The quantitative estimate of drug-likeness (QED) is 0.674. The first-order valence-electron chi connectivity index (χ1n) is 10.6. The second kappa shape index (κ2) is 7.69. The highest BCUT2D eigenvalue weighted by Crippen LogP contribution is 2.41. The molecule has 0 radical (unpaired) electrons. The number of halogens is 3. The van der Waals surface area contributed by atoms with Gasteiger partial charge in [0.2, 0.25) is 11.8 Å². The third-order valence-electron chi connectivity index (χ3n) is 6.70. The van der Waals surface area contributed by atoms with Crippen LogP contribution < -0.4 is 5.32 Å². The van der Waals surface area contributed by atoms with Gasteiger partial charge >= 0.3 is 0 Å². The van der Waals surface area contributed by atoms with Gasteiger partial charge in [-0.3, -0.25) is 9.59 Å². The van der Waals surface area contributed by atoms with Crippen molar-refractivity contribution in [1.82, 2.24) is 14.8 Å². The molecule has 5 rings (SSSR count). The molecule has 8 heteroatoms. The van der Waals surface area contributed by atoms with Crippen LogP contribution in [0.4, 0.5) is 13.2 Å². The van der Waals surface area contributed by atoms with Crippen LogP contribution >= 0.6 is 0 Å². The second-order valence-electron chi connectivity index (χ2n) is 8.71. The number of fused-ring (bicyclic) bond motifs is 1. The molecule has 2 aliphatic heterocycles. The molecule has 0 bridgehead atoms. The fourth-order valence-electron chi connectivity index (χ4n) is 5.14. The highest BCUT2D eigenvalue weighted by molar-refractivity contribution is 5.84.